The standard InChI is InChI=1S/C30H28N4O2S/c1-35-23-12-7-9-21(17-23)20-37-30-33-32-29(34(30)19-24-13-8-16-36-24)26-18-28(22-10-3-2-4-11-22)31-27-15-6-5-14-25(26)27/h2-7,9-12,14-15,17-18,24H,8,13,16,19-20H2,1H3. The maximum Gasteiger partial charge on any atom is 0.191 e. The Balaban J connectivity index is 1.43. The third-order valence-electron chi connectivity index (χ3n) is 6.66. The van der Waals surface area contributed by atoms with Crippen LogP contribution in [0.3, 0.4) is 0 Å². The van der Waals surface area contributed by atoms with Crippen LogP contribution in [0.15, 0.2) is 90.1 Å². The van der Waals surface area contributed by atoms with Crippen LogP contribution in [0.5, 0.6) is 5.75 Å². The van der Waals surface area contributed by atoms with Gasteiger partial charge in [0.25, 0.3) is 0 Å². The molecule has 2 aromatic heterocycles. The van der Waals surface area contributed by atoms with Gasteiger partial charge in [0.1, 0.15) is 5.75 Å². The number of ether oxygens (including phenoxy) is 2. The third-order valence-corrected chi connectivity index (χ3v) is 7.69. The number of thioether (sulfide) groups is 1. The van der Waals surface area contributed by atoms with Crippen LogP contribution in [-0.2, 0) is 17.0 Å². The molecule has 7 heteroatoms. The largest absolute Gasteiger partial charge is 0.497 e. The number of aromatic nitrogens is 4. The number of fused-ring (bicyclic) bond motifs is 1. The second-order valence-electron chi connectivity index (χ2n) is 9.13. The van der Waals surface area contributed by atoms with Crippen molar-refractivity contribution in [2.24, 2.45) is 0 Å². The maximum atomic E-state index is 6.03. The molecule has 3 heterocycles. The highest BCUT2D eigenvalue weighted by molar-refractivity contribution is 7.98. The summed E-state index contributed by atoms with van der Waals surface area (Å²) >= 11 is 1.69. The van der Waals surface area contributed by atoms with Crippen LogP contribution in [0.1, 0.15) is 18.4 Å². The number of rotatable bonds is 8. The average Bonchev–Trinajstić information content (AvgIpc) is 3.62. The van der Waals surface area contributed by atoms with Crippen molar-refractivity contribution >= 4 is 22.7 Å². The Labute approximate surface area is 220 Å². The lowest BCUT2D eigenvalue weighted by atomic mass is 10.0. The summed E-state index contributed by atoms with van der Waals surface area (Å²) in [6.07, 6.45) is 2.29. The van der Waals surface area contributed by atoms with E-state index in [4.69, 9.17) is 19.6 Å². The molecule has 6 rings (SSSR count). The number of pyridine rings is 1. The number of para-hydroxylation sites is 1. The summed E-state index contributed by atoms with van der Waals surface area (Å²) in [4.78, 5) is 4.96. The fraction of sp³-hybridized carbons (Fsp3) is 0.233. The van der Waals surface area contributed by atoms with Crippen LogP contribution in [0.2, 0.25) is 0 Å². The normalized spacial score (nSPS) is 15.3. The highest BCUT2D eigenvalue weighted by Crippen LogP contribution is 2.34. The predicted molar refractivity (Wildman–Crippen MR) is 148 cm³/mol. The highest BCUT2D eigenvalue weighted by Gasteiger charge is 2.23. The van der Waals surface area contributed by atoms with E-state index in [1.165, 1.54) is 5.56 Å². The van der Waals surface area contributed by atoms with E-state index in [1.54, 1.807) is 18.9 Å². The molecule has 6 nitrogen and oxygen atoms in total. The molecule has 1 unspecified atom stereocenters. The van der Waals surface area contributed by atoms with Gasteiger partial charge in [0.2, 0.25) is 0 Å². The minimum Gasteiger partial charge on any atom is -0.497 e. The van der Waals surface area contributed by atoms with Crippen molar-refractivity contribution in [3.05, 3.63) is 90.5 Å². The van der Waals surface area contributed by atoms with Crippen molar-refractivity contribution in [1.29, 1.82) is 0 Å². The molecule has 0 amide bonds. The lowest BCUT2D eigenvalue weighted by Gasteiger charge is -2.16. The molecule has 5 aromatic rings. The van der Waals surface area contributed by atoms with E-state index in [9.17, 15) is 0 Å². The first kappa shape index (κ1) is 23.7. The van der Waals surface area contributed by atoms with Gasteiger partial charge in [-0.1, -0.05) is 72.4 Å². The SMILES string of the molecule is COc1cccc(CSc2nnc(-c3cc(-c4ccccc4)nc4ccccc34)n2CC2CCCO2)c1. The van der Waals surface area contributed by atoms with E-state index < -0.39 is 0 Å². The third kappa shape index (κ3) is 5.10. The molecule has 0 N–H and O–H groups in total. The summed E-state index contributed by atoms with van der Waals surface area (Å²) in [7, 11) is 1.69. The Morgan fingerprint density at radius 1 is 0.973 bits per heavy atom. The van der Waals surface area contributed by atoms with Gasteiger partial charge in [-0.2, -0.15) is 0 Å². The summed E-state index contributed by atoms with van der Waals surface area (Å²) in [5.41, 5.74) is 5.15. The van der Waals surface area contributed by atoms with Crippen molar-refractivity contribution in [3.8, 4) is 28.4 Å². The molecule has 0 aliphatic carbocycles. The fourth-order valence-electron chi connectivity index (χ4n) is 4.78. The average molecular weight is 509 g/mol. The van der Waals surface area contributed by atoms with Crippen molar-refractivity contribution < 1.29 is 9.47 Å². The molecule has 0 radical (unpaired) electrons. The van der Waals surface area contributed by atoms with Crippen LogP contribution in [0.4, 0.5) is 0 Å². The van der Waals surface area contributed by atoms with Crippen LogP contribution >= 0.6 is 11.8 Å². The number of hydrogen-bond donors (Lipinski definition) is 0. The first-order valence-electron chi connectivity index (χ1n) is 12.5. The zero-order valence-electron chi connectivity index (χ0n) is 20.7. The fourth-order valence-corrected chi connectivity index (χ4v) is 5.67. The summed E-state index contributed by atoms with van der Waals surface area (Å²) in [6.45, 7) is 1.53. The monoisotopic (exact) mass is 508 g/mol. The molecule has 0 spiro atoms. The van der Waals surface area contributed by atoms with Gasteiger partial charge >= 0.3 is 0 Å². The van der Waals surface area contributed by atoms with E-state index in [2.05, 4.69) is 58.2 Å². The molecule has 1 aliphatic rings. The first-order valence-corrected chi connectivity index (χ1v) is 13.5. The summed E-state index contributed by atoms with van der Waals surface area (Å²) in [6, 6.07) is 28.8. The molecule has 186 valence electrons. The van der Waals surface area contributed by atoms with E-state index >= 15 is 0 Å². The molecule has 1 atom stereocenters. The van der Waals surface area contributed by atoms with E-state index in [-0.39, 0.29) is 6.10 Å². The molecule has 0 bridgehead atoms. The first-order chi connectivity index (χ1) is 18.3. The minimum atomic E-state index is 0.160. The second-order valence-corrected chi connectivity index (χ2v) is 10.1. The number of hydrogen-bond acceptors (Lipinski definition) is 6. The van der Waals surface area contributed by atoms with E-state index in [0.717, 1.165) is 76.2 Å². The van der Waals surface area contributed by atoms with Gasteiger partial charge in [-0.25, -0.2) is 4.98 Å². The molecule has 1 saturated heterocycles. The molecular formula is C30H28N4O2S. The van der Waals surface area contributed by atoms with Crippen LogP contribution in [0.25, 0.3) is 33.5 Å². The van der Waals surface area contributed by atoms with Crippen molar-refractivity contribution in [3.63, 3.8) is 0 Å². The Morgan fingerprint density at radius 2 is 1.84 bits per heavy atom. The lowest BCUT2D eigenvalue weighted by Crippen LogP contribution is -2.16. The van der Waals surface area contributed by atoms with Crippen molar-refractivity contribution in [2.45, 2.75) is 36.4 Å². The second kappa shape index (κ2) is 10.7. The van der Waals surface area contributed by atoms with Crippen LogP contribution in [-0.4, -0.2) is 39.6 Å². The van der Waals surface area contributed by atoms with Crippen LogP contribution < -0.4 is 4.74 Å². The van der Waals surface area contributed by atoms with Gasteiger partial charge < -0.3 is 9.47 Å². The van der Waals surface area contributed by atoms with Gasteiger partial charge in [0.15, 0.2) is 11.0 Å². The minimum absolute atomic E-state index is 0.160. The number of nitrogens with zero attached hydrogens (tertiary/aromatic N) is 4. The maximum absolute atomic E-state index is 6.03. The Morgan fingerprint density at radius 3 is 2.68 bits per heavy atom. The van der Waals surface area contributed by atoms with E-state index in [1.807, 2.05) is 36.4 Å². The lowest BCUT2D eigenvalue weighted by molar-refractivity contribution is 0.0953. The Bertz CT molecular complexity index is 1510. The predicted octanol–water partition coefficient (Wildman–Crippen LogP) is 6.64. The van der Waals surface area contributed by atoms with Gasteiger partial charge in [-0.3, -0.25) is 4.57 Å². The Kier molecular flexibility index (Phi) is 6.88. The van der Waals surface area contributed by atoms with Gasteiger partial charge in [-0.15, -0.1) is 10.2 Å². The molecule has 37 heavy (non-hydrogen) atoms. The molecule has 1 fully saturated rings. The van der Waals surface area contributed by atoms with Crippen LogP contribution in [0, 0.1) is 0 Å². The number of benzene rings is 3. The molecule has 3 aromatic carbocycles. The number of methoxy groups -OCH3 is 1. The summed E-state index contributed by atoms with van der Waals surface area (Å²) in [5, 5.41) is 11.4. The molecule has 0 saturated carbocycles. The van der Waals surface area contributed by atoms with Gasteiger partial charge in [0.05, 0.1) is 31.0 Å². The quantitative estimate of drug-likeness (QED) is 0.219. The van der Waals surface area contributed by atoms with Crippen molar-refractivity contribution in [2.75, 3.05) is 13.7 Å². The smallest absolute Gasteiger partial charge is 0.191 e. The zero-order chi connectivity index (χ0) is 25.0. The summed E-state index contributed by atoms with van der Waals surface area (Å²) in [5.74, 6) is 2.48. The van der Waals surface area contributed by atoms with Gasteiger partial charge in [0, 0.05) is 28.9 Å². The zero-order valence-corrected chi connectivity index (χ0v) is 21.5. The van der Waals surface area contributed by atoms with Gasteiger partial charge in [-0.05, 0) is 42.7 Å². The topological polar surface area (TPSA) is 62.1 Å². The summed E-state index contributed by atoms with van der Waals surface area (Å²) < 4.78 is 13.7. The Hall–Kier alpha value is -3.68. The highest BCUT2D eigenvalue weighted by atomic mass is 32.2. The molecule has 1 aliphatic heterocycles. The van der Waals surface area contributed by atoms with E-state index in [0.29, 0.717) is 0 Å². The van der Waals surface area contributed by atoms with Crippen molar-refractivity contribution in [1.82, 2.24) is 19.7 Å². The molecular weight excluding hydrogens is 480 g/mol.